The third-order valence-electron chi connectivity index (χ3n) is 2.95. The normalized spacial score (nSPS) is 10.5. The van der Waals surface area contributed by atoms with E-state index >= 15 is 0 Å². The Bertz CT molecular complexity index is 611. The average Bonchev–Trinajstić information content (AvgIpc) is 2.87. The van der Waals surface area contributed by atoms with Crippen molar-refractivity contribution < 1.29 is 4.74 Å². The Morgan fingerprint density at radius 1 is 1.42 bits per heavy atom. The largest absolute Gasteiger partial charge is 0.496 e. The van der Waals surface area contributed by atoms with Crippen LogP contribution in [0.25, 0.3) is 11.3 Å². The van der Waals surface area contributed by atoms with Crippen LogP contribution in [0.15, 0.2) is 23.6 Å². The number of hydrogen-bond acceptors (Lipinski definition) is 4. The summed E-state index contributed by atoms with van der Waals surface area (Å²) in [5.41, 5.74) is 3.13. The smallest absolute Gasteiger partial charge is 0.128 e. The zero-order valence-electron chi connectivity index (χ0n) is 11.3. The molecule has 0 spiro atoms. The number of nitrogens with zero attached hydrogens (tertiary/aromatic N) is 2. The van der Waals surface area contributed by atoms with Gasteiger partial charge in [-0.25, -0.2) is 4.98 Å². The van der Waals surface area contributed by atoms with E-state index in [1.54, 1.807) is 7.11 Å². The van der Waals surface area contributed by atoms with E-state index in [2.05, 4.69) is 37.0 Å². The Labute approximate surface area is 117 Å². The zero-order valence-corrected chi connectivity index (χ0v) is 12.1. The van der Waals surface area contributed by atoms with Gasteiger partial charge < -0.3 is 4.74 Å². The van der Waals surface area contributed by atoms with Crippen molar-refractivity contribution in [3.05, 3.63) is 34.2 Å². The Morgan fingerprint density at radius 2 is 2.21 bits per heavy atom. The van der Waals surface area contributed by atoms with Gasteiger partial charge in [0.2, 0.25) is 0 Å². The van der Waals surface area contributed by atoms with Gasteiger partial charge in [-0.1, -0.05) is 19.9 Å². The molecule has 1 heterocycles. The predicted molar refractivity (Wildman–Crippen MR) is 77.5 cm³/mol. The van der Waals surface area contributed by atoms with E-state index in [0.717, 1.165) is 22.0 Å². The fourth-order valence-electron chi connectivity index (χ4n) is 1.87. The molecule has 1 aromatic carbocycles. The van der Waals surface area contributed by atoms with E-state index in [1.807, 2.05) is 11.4 Å². The van der Waals surface area contributed by atoms with Crippen molar-refractivity contribution in [3.8, 4) is 23.1 Å². The molecule has 0 atom stereocenters. The zero-order chi connectivity index (χ0) is 13.8. The molecular formula is C15H16N2OS. The molecule has 0 saturated heterocycles. The Kier molecular flexibility index (Phi) is 4.18. The molecule has 1 aromatic heterocycles. The van der Waals surface area contributed by atoms with Gasteiger partial charge in [-0.15, -0.1) is 11.3 Å². The minimum absolute atomic E-state index is 0.358. The Balaban J connectivity index is 2.46. The van der Waals surface area contributed by atoms with Crippen molar-refractivity contribution in [2.45, 2.75) is 26.2 Å². The molecule has 3 nitrogen and oxygen atoms in total. The van der Waals surface area contributed by atoms with Crippen LogP contribution in [0.5, 0.6) is 5.75 Å². The minimum atomic E-state index is 0.358. The van der Waals surface area contributed by atoms with E-state index in [-0.39, 0.29) is 0 Å². The first kappa shape index (κ1) is 13.6. The van der Waals surface area contributed by atoms with Crippen LogP contribution in [0, 0.1) is 11.3 Å². The highest BCUT2D eigenvalue weighted by Crippen LogP contribution is 2.33. The number of hydrogen-bond donors (Lipinski definition) is 0. The molecule has 0 amide bonds. The molecular weight excluding hydrogens is 256 g/mol. The van der Waals surface area contributed by atoms with Crippen LogP contribution in [0.4, 0.5) is 0 Å². The van der Waals surface area contributed by atoms with Crippen LogP contribution in [-0.2, 0) is 6.42 Å². The molecule has 19 heavy (non-hydrogen) atoms. The first-order valence-corrected chi connectivity index (χ1v) is 7.03. The van der Waals surface area contributed by atoms with Crippen molar-refractivity contribution in [1.29, 1.82) is 5.26 Å². The summed E-state index contributed by atoms with van der Waals surface area (Å²) < 4.78 is 5.40. The molecule has 0 unspecified atom stereocenters. The monoisotopic (exact) mass is 272 g/mol. The number of rotatable bonds is 4. The van der Waals surface area contributed by atoms with Crippen LogP contribution in [-0.4, -0.2) is 12.1 Å². The molecule has 0 saturated carbocycles. The molecule has 0 aliphatic carbocycles. The second-order valence-electron chi connectivity index (χ2n) is 4.58. The third kappa shape index (κ3) is 2.94. The second-order valence-corrected chi connectivity index (χ2v) is 5.52. The SMILES string of the molecule is COc1ccc(C(C)C)cc1-c1csc(CC#N)n1. The molecule has 0 bridgehead atoms. The van der Waals surface area contributed by atoms with E-state index in [4.69, 9.17) is 10.00 Å². The molecule has 0 fully saturated rings. The Morgan fingerprint density at radius 3 is 2.84 bits per heavy atom. The quantitative estimate of drug-likeness (QED) is 0.844. The molecule has 0 aliphatic heterocycles. The number of aromatic nitrogens is 1. The van der Waals surface area contributed by atoms with Gasteiger partial charge in [0.25, 0.3) is 0 Å². The summed E-state index contributed by atoms with van der Waals surface area (Å²) in [5.74, 6) is 1.28. The Hall–Kier alpha value is -1.86. The highest BCUT2D eigenvalue weighted by Gasteiger charge is 2.12. The molecule has 4 heteroatoms. The summed E-state index contributed by atoms with van der Waals surface area (Å²) in [6, 6.07) is 8.30. The van der Waals surface area contributed by atoms with Gasteiger partial charge in [0.15, 0.2) is 0 Å². The van der Waals surface area contributed by atoms with Gasteiger partial charge in [0, 0.05) is 10.9 Å². The molecule has 98 valence electrons. The van der Waals surface area contributed by atoms with Crippen LogP contribution in [0.3, 0.4) is 0 Å². The van der Waals surface area contributed by atoms with Crippen molar-refractivity contribution in [2.75, 3.05) is 7.11 Å². The number of methoxy groups -OCH3 is 1. The van der Waals surface area contributed by atoms with E-state index in [9.17, 15) is 0 Å². The van der Waals surface area contributed by atoms with Crippen molar-refractivity contribution in [3.63, 3.8) is 0 Å². The number of nitriles is 1. The lowest BCUT2D eigenvalue weighted by atomic mass is 9.99. The minimum Gasteiger partial charge on any atom is -0.496 e. The number of ether oxygens (including phenoxy) is 1. The van der Waals surface area contributed by atoms with Crippen molar-refractivity contribution >= 4 is 11.3 Å². The summed E-state index contributed by atoms with van der Waals surface area (Å²) in [5, 5.41) is 11.5. The average molecular weight is 272 g/mol. The van der Waals surface area contributed by atoms with Crippen LogP contribution < -0.4 is 4.74 Å². The van der Waals surface area contributed by atoms with E-state index < -0.39 is 0 Å². The highest BCUT2D eigenvalue weighted by molar-refractivity contribution is 7.10. The number of thiazole rings is 1. The molecule has 2 rings (SSSR count). The molecule has 0 aliphatic rings. The van der Waals surface area contributed by atoms with E-state index in [1.165, 1.54) is 16.9 Å². The first-order chi connectivity index (χ1) is 9.15. The summed E-state index contributed by atoms with van der Waals surface area (Å²) in [7, 11) is 1.66. The highest BCUT2D eigenvalue weighted by atomic mass is 32.1. The van der Waals surface area contributed by atoms with E-state index in [0.29, 0.717) is 12.3 Å². The lowest BCUT2D eigenvalue weighted by molar-refractivity contribution is 0.416. The summed E-state index contributed by atoms with van der Waals surface area (Å²) in [6.07, 6.45) is 0.358. The fraction of sp³-hybridized carbons (Fsp3) is 0.333. The maximum absolute atomic E-state index is 8.71. The van der Waals surface area contributed by atoms with Gasteiger partial charge in [-0.3, -0.25) is 0 Å². The standard InChI is InChI=1S/C15H16N2OS/c1-10(2)11-4-5-14(18-3)12(8-11)13-9-19-15(17-13)6-7-16/h4-5,8-10H,6H2,1-3H3. The van der Waals surface area contributed by atoms with Gasteiger partial charge in [0.05, 0.1) is 25.3 Å². The van der Waals surface area contributed by atoms with Gasteiger partial charge in [-0.05, 0) is 23.6 Å². The summed E-state index contributed by atoms with van der Waals surface area (Å²) in [6.45, 7) is 4.32. The maximum atomic E-state index is 8.71. The lowest BCUT2D eigenvalue weighted by Gasteiger charge is -2.11. The lowest BCUT2D eigenvalue weighted by Crippen LogP contribution is -1.93. The van der Waals surface area contributed by atoms with Gasteiger partial charge >= 0.3 is 0 Å². The molecule has 2 aromatic rings. The van der Waals surface area contributed by atoms with Crippen LogP contribution in [0.2, 0.25) is 0 Å². The number of benzene rings is 1. The van der Waals surface area contributed by atoms with Crippen molar-refractivity contribution in [2.24, 2.45) is 0 Å². The third-order valence-corrected chi connectivity index (χ3v) is 3.80. The van der Waals surface area contributed by atoms with Gasteiger partial charge in [-0.2, -0.15) is 5.26 Å². The maximum Gasteiger partial charge on any atom is 0.128 e. The topological polar surface area (TPSA) is 45.9 Å². The molecule has 0 N–H and O–H groups in total. The van der Waals surface area contributed by atoms with Crippen LogP contribution in [0.1, 0.15) is 30.3 Å². The molecule has 0 radical (unpaired) electrons. The second kappa shape index (κ2) is 5.85. The van der Waals surface area contributed by atoms with Crippen molar-refractivity contribution in [1.82, 2.24) is 4.98 Å². The predicted octanol–water partition coefficient (Wildman–Crippen LogP) is 4.01. The first-order valence-electron chi connectivity index (χ1n) is 6.15. The summed E-state index contributed by atoms with van der Waals surface area (Å²) in [4.78, 5) is 4.50. The fourth-order valence-corrected chi connectivity index (χ4v) is 2.59. The van der Waals surface area contributed by atoms with Crippen LogP contribution >= 0.6 is 11.3 Å². The summed E-state index contributed by atoms with van der Waals surface area (Å²) >= 11 is 1.51. The van der Waals surface area contributed by atoms with Gasteiger partial charge in [0.1, 0.15) is 10.8 Å².